The van der Waals surface area contributed by atoms with Crippen molar-refractivity contribution in [2.24, 2.45) is 5.92 Å². The van der Waals surface area contributed by atoms with Crippen molar-refractivity contribution in [2.45, 2.75) is 103 Å². The minimum absolute atomic E-state index is 0.0791. The molecule has 2 aromatic heterocycles. The molecule has 1 saturated carbocycles. The molecular formula is C30H44N6O3. The third-order valence-corrected chi connectivity index (χ3v) is 9.34. The molecule has 9 heteroatoms. The van der Waals surface area contributed by atoms with E-state index in [1.54, 1.807) is 6.20 Å². The van der Waals surface area contributed by atoms with Crippen LogP contribution in [0.25, 0.3) is 5.82 Å². The third-order valence-electron chi connectivity index (χ3n) is 9.34. The highest BCUT2D eigenvalue weighted by atomic mass is 16.3. The fourth-order valence-electron chi connectivity index (χ4n) is 6.87. The Kier molecular flexibility index (Phi) is 8.38. The van der Waals surface area contributed by atoms with Crippen LogP contribution in [0, 0.1) is 19.8 Å². The molecule has 9 nitrogen and oxygen atoms in total. The van der Waals surface area contributed by atoms with Crippen molar-refractivity contribution in [1.29, 1.82) is 0 Å². The van der Waals surface area contributed by atoms with E-state index in [0.29, 0.717) is 32.5 Å². The lowest BCUT2D eigenvalue weighted by atomic mass is 9.78. The van der Waals surface area contributed by atoms with Crippen molar-refractivity contribution in [3.05, 3.63) is 41.3 Å². The van der Waals surface area contributed by atoms with Gasteiger partial charge in [0.25, 0.3) is 0 Å². The maximum Gasteiger partial charge on any atom is 0.248 e. The topological polar surface area (TPSA) is 104 Å². The summed E-state index contributed by atoms with van der Waals surface area (Å²) in [6.45, 7) is 8.95. The molecule has 0 aromatic carbocycles. The number of nitrogens with zero attached hydrogens (tertiary/aromatic N) is 5. The minimum atomic E-state index is -0.840. The van der Waals surface area contributed by atoms with Gasteiger partial charge in [-0.1, -0.05) is 38.7 Å². The second-order valence-electron chi connectivity index (χ2n) is 11.7. The van der Waals surface area contributed by atoms with Crippen molar-refractivity contribution in [1.82, 2.24) is 29.9 Å². The van der Waals surface area contributed by atoms with E-state index in [0.717, 1.165) is 62.3 Å². The van der Waals surface area contributed by atoms with Crippen LogP contribution in [0.4, 0.5) is 0 Å². The fourth-order valence-corrected chi connectivity index (χ4v) is 6.87. The highest BCUT2D eigenvalue weighted by molar-refractivity contribution is 6.00. The lowest BCUT2D eigenvalue weighted by Crippen LogP contribution is -2.75. The first-order valence-electron chi connectivity index (χ1n) is 14.8. The van der Waals surface area contributed by atoms with E-state index in [-0.39, 0.29) is 17.7 Å². The molecule has 5 rings (SSSR count). The Morgan fingerprint density at radius 2 is 1.87 bits per heavy atom. The van der Waals surface area contributed by atoms with Crippen LogP contribution in [0.15, 0.2) is 24.4 Å². The van der Waals surface area contributed by atoms with Gasteiger partial charge in [0.1, 0.15) is 11.6 Å². The van der Waals surface area contributed by atoms with Gasteiger partial charge in [-0.2, -0.15) is 5.10 Å². The first-order chi connectivity index (χ1) is 18.9. The monoisotopic (exact) mass is 536 g/mol. The Morgan fingerprint density at radius 3 is 2.54 bits per heavy atom. The van der Waals surface area contributed by atoms with E-state index in [1.165, 1.54) is 12.0 Å². The predicted molar refractivity (Wildman–Crippen MR) is 149 cm³/mol. The number of nitrogens with one attached hydrogen (secondary N) is 1. The van der Waals surface area contributed by atoms with E-state index in [4.69, 9.17) is 5.10 Å². The smallest absolute Gasteiger partial charge is 0.248 e. The molecular weight excluding hydrogens is 492 g/mol. The summed E-state index contributed by atoms with van der Waals surface area (Å²) in [5.74, 6) is 0.692. The molecule has 2 unspecified atom stereocenters. The van der Waals surface area contributed by atoms with Crippen molar-refractivity contribution >= 4 is 11.8 Å². The van der Waals surface area contributed by atoms with Gasteiger partial charge in [-0.15, -0.1) is 0 Å². The van der Waals surface area contributed by atoms with Gasteiger partial charge in [0, 0.05) is 43.6 Å². The summed E-state index contributed by atoms with van der Waals surface area (Å²) in [6, 6.07) is 4.98. The zero-order chi connectivity index (χ0) is 27.6. The second kappa shape index (κ2) is 11.8. The van der Waals surface area contributed by atoms with Crippen LogP contribution in [0.2, 0.25) is 0 Å². The molecule has 1 aliphatic carbocycles. The van der Waals surface area contributed by atoms with Gasteiger partial charge < -0.3 is 15.3 Å². The molecule has 2 N–H and O–H groups in total. The molecule has 2 aromatic rings. The van der Waals surface area contributed by atoms with Crippen LogP contribution in [-0.4, -0.2) is 78.8 Å². The Bertz CT molecular complexity index is 1150. The molecule has 3 aliphatic rings. The number of piperidine rings is 1. The lowest BCUT2D eigenvalue weighted by Gasteiger charge is -2.52. The van der Waals surface area contributed by atoms with Gasteiger partial charge in [-0.25, -0.2) is 9.67 Å². The fraction of sp³-hybridized carbons (Fsp3) is 0.667. The molecule has 2 aliphatic heterocycles. The van der Waals surface area contributed by atoms with Gasteiger partial charge in [0.15, 0.2) is 5.82 Å². The maximum atomic E-state index is 13.9. The predicted octanol–water partition coefficient (Wildman–Crippen LogP) is 3.29. The number of aliphatic hydroxyl groups is 1. The number of aliphatic hydroxyl groups excluding tert-OH is 1. The number of aromatic nitrogens is 3. The minimum Gasteiger partial charge on any atom is -0.390 e. The summed E-state index contributed by atoms with van der Waals surface area (Å²) in [5, 5.41) is 18.9. The summed E-state index contributed by atoms with van der Waals surface area (Å²) < 4.78 is 1.90. The summed E-state index contributed by atoms with van der Waals surface area (Å²) >= 11 is 0. The molecule has 212 valence electrons. The van der Waals surface area contributed by atoms with Crippen LogP contribution in [0.3, 0.4) is 0 Å². The Morgan fingerprint density at radius 1 is 1.13 bits per heavy atom. The summed E-state index contributed by atoms with van der Waals surface area (Å²) in [4.78, 5) is 36.3. The number of carbonyl (C=O) groups excluding carboxylic acids is 2. The number of piperazine rings is 1. The van der Waals surface area contributed by atoms with Crippen molar-refractivity contribution in [2.75, 3.05) is 19.6 Å². The number of likely N-dealkylation sites (tertiary alicyclic amines) is 1. The molecule has 3 fully saturated rings. The maximum absolute atomic E-state index is 13.9. The number of carbonyl (C=O) groups is 2. The Hall–Kier alpha value is -2.78. The van der Waals surface area contributed by atoms with Gasteiger partial charge in [-0.05, 0) is 64.0 Å². The third kappa shape index (κ3) is 5.35. The molecule has 4 heterocycles. The normalized spacial score (nSPS) is 23.3. The molecule has 2 amide bonds. The molecule has 0 radical (unpaired) electrons. The van der Waals surface area contributed by atoms with Crippen LogP contribution in [0.5, 0.6) is 0 Å². The van der Waals surface area contributed by atoms with Gasteiger partial charge in [0.2, 0.25) is 11.8 Å². The van der Waals surface area contributed by atoms with Crippen molar-refractivity contribution < 1.29 is 14.7 Å². The van der Waals surface area contributed by atoms with Gasteiger partial charge >= 0.3 is 0 Å². The molecule has 1 spiro atoms. The summed E-state index contributed by atoms with van der Waals surface area (Å²) in [5.41, 5.74) is 2.39. The lowest BCUT2D eigenvalue weighted by molar-refractivity contribution is -0.166. The standard InChI is InChI=1S/C30H44N6O3/c1-4-5-17-35-28(38)26(27(37)23-11-7-6-8-12-23)32-29(39)30(35)14-18-34(19-15-30)20-24-21(2)33-36(22(24)3)25-13-9-10-16-31-25/h9-10,13,16,23,26-27,37H,4-8,11-12,14-15,17-20H2,1-3H3,(H,32,39). The summed E-state index contributed by atoms with van der Waals surface area (Å²) in [7, 11) is 0. The Labute approximate surface area is 232 Å². The van der Waals surface area contributed by atoms with Crippen LogP contribution in [0.1, 0.15) is 81.7 Å². The van der Waals surface area contributed by atoms with E-state index in [1.807, 2.05) is 34.7 Å². The summed E-state index contributed by atoms with van der Waals surface area (Å²) in [6.07, 6.45) is 9.12. The van der Waals surface area contributed by atoms with Crippen LogP contribution < -0.4 is 5.32 Å². The highest BCUT2D eigenvalue weighted by Crippen LogP contribution is 2.36. The van der Waals surface area contributed by atoms with E-state index in [9.17, 15) is 14.7 Å². The van der Waals surface area contributed by atoms with Crippen molar-refractivity contribution in [3.8, 4) is 5.82 Å². The van der Waals surface area contributed by atoms with Gasteiger partial charge in [0.05, 0.1) is 11.8 Å². The molecule has 2 atom stereocenters. The van der Waals surface area contributed by atoms with E-state index in [2.05, 4.69) is 29.0 Å². The number of amides is 2. The number of rotatable bonds is 8. The SMILES string of the molecule is CCCCN1C(=O)C(C(O)C2CCCCC2)NC(=O)C12CCN(Cc1c(C)nn(-c3ccccn3)c1C)CC2. The van der Waals surface area contributed by atoms with Crippen LogP contribution >= 0.6 is 0 Å². The van der Waals surface area contributed by atoms with E-state index >= 15 is 0 Å². The molecule has 0 bridgehead atoms. The quantitative estimate of drug-likeness (QED) is 0.537. The number of hydrogen-bond donors (Lipinski definition) is 2. The molecule has 2 saturated heterocycles. The van der Waals surface area contributed by atoms with Crippen LogP contribution in [-0.2, 0) is 16.1 Å². The Balaban J connectivity index is 1.30. The van der Waals surface area contributed by atoms with Crippen molar-refractivity contribution in [3.63, 3.8) is 0 Å². The van der Waals surface area contributed by atoms with Gasteiger partial charge in [-0.3, -0.25) is 14.5 Å². The highest BCUT2D eigenvalue weighted by Gasteiger charge is 2.55. The first kappa shape index (κ1) is 27.8. The number of pyridine rings is 1. The zero-order valence-electron chi connectivity index (χ0n) is 23.7. The average Bonchev–Trinajstić information content (AvgIpc) is 3.25. The number of unbranched alkanes of at least 4 members (excludes halogenated alkanes) is 1. The number of aryl methyl sites for hydroxylation is 1. The average molecular weight is 537 g/mol. The van der Waals surface area contributed by atoms with E-state index < -0.39 is 17.7 Å². The largest absolute Gasteiger partial charge is 0.390 e. The molecule has 39 heavy (non-hydrogen) atoms. The number of hydrogen-bond acceptors (Lipinski definition) is 6. The second-order valence-corrected chi connectivity index (χ2v) is 11.7. The zero-order valence-corrected chi connectivity index (χ0v) is 23.7. The first-order valence-corrected chi connectivity index (χ1v) is 14.8.